The van der Waals surface area contributed by atoms with Crippen molar-refractivity contribution in [3.8, 4) is 0 Å². The molecule has 0 fully saturated rings. The summed E-state index contributed by atoms with van der Waals surface area (Å²) < 4.78 is 52.7. The van der Waals surface area contributed by atoms with E-state index in [0.29, 0.717) is 0 Å². The minimum atomic E-state index is -4.62. The molecular formula is C15H12F4O. The van der Waals surface area contributed by atoms with E-state index < -0.39 is 23.2 Å². The van der Waals surface area contributed by atoms with E-state index in [1.807, 2.05) is 0 Å². The zero-order valence-electron chi connectivity index (χ0n) is 10.6. The monoisotopic (exact) mass is 284 g/mol. The molecule has 1 atom stereocenters. The SMILES string of the molecule is CC(O)(c1ccccc1F)c1ccccc1C(F)(F)F. The Morgan fingerprint density at radius 3 is 1.75 bits per heavy atom. The molecule has 0 spiro atoms. The van der Waals surface area contributed by atoms with Crippen LogP contribution in [0.15, 0.2) is 48.5 Å². The van der Waals surface area contributed by atoms with Crippen LogP contribution in [0, 0.1) is 5.82 Å². The third-order valence-electron chi connectivity index (χ3n) is 3.16. The molecule has 2 rings (SSSR count). The largest absolute Gasteiger partial charge is 0.416 e. The van der Waals surface area contributed by atoms with Gasteiger partial charge in [-0.3, -0.25) is 0 Å². The van der Waals surface area contributed by atoms with Crippen molar-refractivity contribution < 1.29 is 22.7 Å². The smallest absolute Gasteiger partial charge is 0.381 e. The third kappa shape index (κ3) is 2.54. The maximum atomic E-state index is 13.8. The summed E-state index contributed by atoms with van der Waals surface area (Å²) in [6, 6.07) is 9.85. The van der Waals surface area contributed by atoms with Crippen LogP contribution in [0.25, 0.3) is 0 Å². The summed E-state index contributed by atoms with van der Waals surface area (Å²) in [5.41, 5.74) is -3.63. The first-order valence-corrected chi connectivity index (χ1v) is 5.88. The summed E-state index contributed by atoms with van der Waals surface area (Å²) in [6.07, 6.45) is -4.62. The van der Waals surface area contributed by atoms with Gasteiger partial charge < -0.3 is 5.11 Å². The average Bonchev–Trinajstić information content (AvgIpc) is 2.38. The minimum Gasteiger partial charge on any atom is -0.381 e. The number of hydrogen-bond acceptors (Lipinski definition) is 1. The molecule has 0 aliphatic heterocycles. The molecule has 2 aromatic carbocycles. The van der Waals surface area contributed by atoms with Crippen molar-refractivity contribution in [2.24, 2.45) is 0 Å². The van der Waals surface area contributed by atoms with Crippen LogP contribution in [0.3, 0.4) is 0 Å². The van der Waals surface area contributed by atoms with Gasteiger partial charge in [0.25, 0.3) is 0 Å². The highest BCUT2D eigenvalue weighted by Gasteiger charge is 2.40. The summed E-state index contributed by atoms with van der Waals surface area (Å²) in [7, 11) is 0. The first-order valence-electron chi connectivity index (χ1n) is 5.88. The van der Waals surface area contributed by atoms with Gasteiger partial charge in [0.05, 0.1) is 5.56 Å². The Bertz CT molecular complexity index is 617. The molecule has 0 saturated carbocycles. The van der Waals surface area contributed by atoms with Crippen molar-refractivity contribution in [1.29, 1.82) is 0 Å². The lowest BCUT2D eigenvalue weighted by atomic mass is 9.85. The molecule has 1 unspecified atom stereocenters. The van der Waals surface area contributed by atoms with Crippen LogP contribution in [0.1, 0.15) is 23.6 Å². The summed E-state index contributed by atoms with van der Waals surface area (Å²) in [5, 5.41) is 10.4. The first kappa shape index (κ1) is 14.5. The van der Waals surface area contributed by atoms with Gasteiger partial charge in [0.15, 0.2) is 0 Å². The van der Waals surface area contributed by atoms with Gasteiger partial charge in [-0.25, -0.2) is 4.39 Å². The molecule has 0 aromatic heterocycles. The molecule has 20 heavy (non-hydrogen) atoms. The molecule has 0 heterocycles. The normalized spacial score (nSPS) is 14.9. The minimum absolute atomic E-state index is 0.198. The quantitative estimate of drug-likeness (QED) is 0.823. The van der Waals surface area contributed by atoms with Gasteiger partial charge in [-0.2, -0.15) is 13.2 Å². The van der Waals surface area contributed by atoms with E-state index in [0.717, 1.165) is 25.1 Å². The number of hydrogen-bond donors (Lipinski definition) is 1. The van der Waals surface area contributed by atoms with Crippen LogP contribution in [0.5, 0.6) is 0 Å². The fraction of sp³-hybridized carbons (Fsp3) is 0.200. The molecule has 0 saturated heterocycles. The number of benzene rings is 2. The van der Waals surface area contributed by atoms with Gasteiger partial charge in [-0.15, -0.1) is 0 Å². The molecule has 1 N–H and O–H groups in total. The van der Waals surface area contributed by atoms with E-state index >= 15 is 0 Å². The summed E-state index contributed by atoms with van der Waals surface area (Å²) >= 11 is 0. The van der Waals surface area contributed by atoms with Crippen LogP contribution in [-0.2, 0) is 11.8 Å². The van der Waals surface area contributed by atoms with Gasteiger partial charge in [-0.1, -0.05) is 36.4 Å². The molecule has 0 aliphatic rings. The second kappa shape index (κ2) is 4.90. The number of rotatable bonds is 2. The maximum absolute atomic E-state index is 13.8. The third-order valence-corrected chi connectivity index (χ3v) is 3.16. The lowest BCUT2D eigenvalue weighted by Gasteiger charge is -2.28. The van der Waals surface area contributed by atoms with Crippen molar-refractivity contribution in [3.63, 3.8) is 0 Å². The lowest BCUT2D eigenvalue weighted by molar-refractivity contribution is -0.140. The number of alkyl halides is 3. The van der Waals surface area contributed by atoms with E-state index in [4.69, 9.17) is 0 Å². The molecule has 0 amide bonds. The molecule has 2 aromatic rings. The maximum Gasteiger partial charge on any atom is 0.416 e. The Morgan fingerprint density at radius 1 is 0.800 bits per heavy atom. The topological polar surface area (TPSA) is 20.2 Å². The fourth-order valence-corrected chi connectivity index (χ4v) is 2.16. The second-order valence-electron chi connectivity index (χ2n) is 4.60. The van der Waals surface area contributed by atoms with Gasteiger partial charge in [-0.05, 0) is 24.6 Å². The highest BCUT2D eigenvalue weighted by Crippen LogP contribution is 2.39. The molecule has 0 bridgehead atoms. The fourth-order valence-electron chi connectivity index (χ4n) is 2.16. The van der Waals surface area contributed by atoms with E-state index in [9.17, 15) is 22.7 Å². The molecule has 1 nitrogen and oxygen atoms in total. The summed E-state index contributed by atoms with van der Waals surface area (Å²) in [4.78, 5) is 0. The van der Waals surface area contributed by atoms with Crippen molar-refractivity contribution in [2.45, 2.75) is 18.7 Å². The highest BCUT2D eigenvalue weighted by atomic mass is 19.4. The van der Waals surface area contributed by atoms with E-state index in [1.165, 1.54) is 30.3 Å². The zero-order chi connectivity index (χ0) is 15.0. The predicted octanol–water partition coefficient (Wildman–Crippen LogP) is 4.10. The van der Waals surface area contributed by atoms with Crippen LogP contribution >= 0.6 is 0 Å². The van der Waals surface area contributed by atoms with E-state index in [2.05, 4.69) is 0 Å². The van der Waals surface area contributed by atoms with Crippen LogP contribution in [0.4, 0.5) is 17.6 Å². The van der Waals surface area contributed by atoms with Gasteiger partial charge in [0.1, 0.15) is 11.4 Å². The summed E-state index contributed by atoms with van der Waals surface area (Å²) in [5.74, 6) is -0.755. The van der Waals surface area contributed by atoms with Gasteiger partial charge in [0, 0.05) is 5.56 Å². The van der Waals surface area contributed by atoms with Gasteiger partial charge in [0.2, 0.25) is 0 Å². The lowest BCUT2D eigenvalue weighted by Crippen LogP contribution is -2.28. The summed E-state index contributed by atoms with van der Waals surface area (Å²) in [6.45, 7) is 1.15. The van der Waals surface area contributed by atoms with Crippen LogP contribution < -0.4 is 0 Å². The molecule has 0 aliphatic carbocycles. The van der Waals surface area contributed by atoms with Crippen molar-refractivity contribution in [2.75, 3.05) is 0 Å². The predicted molar refractivity (Wildman–Crippen MR) is 66.5 cm³/mol. The Kier molecular flexibility index (Phi) is 3.56. The number of halogens is 4. The molecule has 5 heteroatoms. The zero-order valence-corrected chi connectivity index (χ0v) is 10.6. The van der Waals surface area contributed by atoms with Crippen LogP contribution in [-0.4, -0.2) is 5.11 Å². The molecular weight excluding hydrogens is 272 g/mol. The van der Waals surface area contributed by atoms with Gasteiger partial charge >= 0.3 is 6.18 Å². The van der Waals surface area contributed by atoms with Crippen molar-refractivity contribution in [3.05, 3.63) is 71.0 Å². The highest BCUT2D eigenvalue weighted by molar-refractivity contribution is 5.42. The Labute approximate surface area is 113 Å². The average molecular weight is 284 g/mol. The first-order chi connectivity index (χ1) is 9.24. The van der Waals surface area contributed by atoms with Crippen molar-refractivity contribution in [1.82, 2.24) is 0 Å². The Balaban J connectivity index is 2.65. The molecule has 106 valence electrons. The number of aliphatic hydroxyl groups is 1. The van der Waals surface area contributed by atoms with E-state index in [1.54, 1.807) is 0 Å². The van der Waals surface area contributed by atoms with Crippen LogP contribution in [0.2, 0.25) is 0 Å². The van der Waals surface area contributed by atoms with E-state index in [-0.39, 0.29) is 11.1 Å². The molecule has 0 radical (unpaired) electrons. The second-order valence-corrected chi connectivity index (χ2v) is 4.60. The Hall–Kier alpha value is -1.88. The standard InChI is InChI=1S/C15H12F4O/c1-14(20,12-8-4-5-9-13(12)16)10-6-2-3-7-11(10)15(17,18)19/h2-9,20H,1H3. The Morgan fingerprint density at radius 2 is 1.25 bits per heavy atom. The van der Waals surface area contributed by atoms with Crippen molar-refractivity contribution >= 4 is 0 Å².